The van der Waals surface area contributed by atoms with Crippen LogP contribution in [0.1, 0.15) is 344 Å². The fraction of sp³-hybridized carbons (Fsp3) is 0.700. The molecule has 0 bridgehead atoms. The van der Waals surface area contributed by atoms with Gasteiger partial charge in [0.05, 0.1) is 48.8 Å². The SMILES string of the molecule is C.C.C.C.C=C1C(=O)OC(C[C@@H](C)[C@H]2CC[C@H]3/C(=C/C=C4/C[C@@H](O)C[C@H](O)C4=C)CCC[C@]23C)C1CC.C=C1C(=O)OC(C[C@@H](C)[C@H]2CC[C@H]3/C(=C/C=C4/C[C@@H](O)C[C@H](O)C4=C)CCC[C@]23C)C1CC.C=C1C(=O)OC(C[C@@H](C)[C@H]2CC[C@H]3/C(=C/C=C4/C[C@@H](O)C[C@H](O)C4=C)CCC[C@]23C)C1CC.C=C1C(=O)OC(C[C@@H](C)[C@H]2CC[C@H]3/C(=C/C=C4/C[C@@H](O)C[C@H](O)C4=C)CCC[C@]23C)C1CC. The van der Waals surface area contributed by atoms with Crippen LogP contribution in [0.2, 0.25) is 0 Å². The van der Waals surface area contributed by atoms with E-state index < -0.39 is 48.8 Å². The number of hydrogen-bond acceptors (Lipinski definition) is 16. The van der Waals surface area contributed by atoms with Crippen LogP contribution in [-0.4, -0.2) is 138 Å². The Balaban J connectivity index is 0.000000201. The van der Waals surface area contributed by atoms with E-state index in [2.05, 4.69) is 184 Å². The molecule has 16 rings (SSSR count). The van der Waals surface area contributed by atoms with Crippen molar-refractivity contribution >= 4 is 23.9 Å². The Hall–Kier alpha value is -6.60. The first-order chi connectivity index (χ1) is 62.6. The van der Waals surface area contributed by atoms with Gasteiger partial charge in [0, 0.05) is 71.6 Å². The Labute approximate surface area is 822 Å². The molecular weight excluding hydrogens is 1700 g/mol. The van der Waals surface area contributed by atoms with E-state index >= 15 is 0 Å². The highest BCUT2D eigenvalue weighted by Crippen LogP contribution is 2.65. The van der Waals surface area contributed by atoms with Gasteiger partial charge in [0.2, 0.25) is 0 Å². The molecule has 136 heavy (non-hydrogen) atoms. The lowest BCUT2D eigenvalue weighted by molar-refractivity contribution is -0.141. The second-order valence-corrected chi connectivity index (χ2v) is 45.4. The van der Waals surface area contributed by atoms with Crippen molar-refractivity contribution in [3.8, 4) is 0 Å². The predicted octanol–water partition coefficient (Wildman–Crippen LogP) is 25.2. The largest absolute Gasteiger partial charge is 0.458 e. The standard InChI is InChI=1S/4C29H42O4.4CH4/c4*1-6-23-19(4)28(32)33-27(23)14-17(2)24-11-12-25-20(8-7-13-29(24,25)5)9-10-21-15-22(30)16-26(31)18(21)3;;;;/h4*9-10,17,22-27,30-31H,3-4,6-8,11-16H2,1-2,5H3;4*1H4/b4*20-9+,21-10-;;;;/t4*17-,22-,23?,24-,25+,26+,27?,29-;;;;/m1111..../s1. The molecular formula is C120H184O16. The minimum atomic E-state index is -0.639. The van der Waals surface area contributed by atoms with E-state index in [1.165, 1.54) is 125 Å². The van der Waals surface area contributed by atoms with Gasteiger partial charge in [-0.05, 0) is 343 Å². The van der Waals surface area contributed by atoms with Gasteiger partial charge in [-0.15, -0.1) is 0 Å². The number of hydrogen-bond donors (Lipinski definition) is 8. The van der Waals surface area contributed by atoms with Crippen LogP contribution in [0, 0.1) is 116 Å². The summed E-state index contributed by atoms with van der Waals surface area (Å²) in [5, 5.41) is 81.0. The number of aliphatic hydroxyl groups excluding tert-OH is 8. The van der Waals surface area contributed by atoms with E-state index in [9.17, 15) is 60.0 Å². The first-order valence-corrected chi connectivity index (χ1v) is 52.0. The summed E-state index contributed by atoms with van der Waals surface area (Å²) in [5.41, 5.74) is 16.7. The molecule has 0 spiro atoms. The fourth-order valence-corrected chi connectivity index (χ4v) is 30.4. The third kappa shape index (κ3) is 23.6. The number of allylic oxidation sites excluding steroid dienone is 12. The summed E-state index contributed by atoms with van der Waals surface area (Å²) < 4.78 is 22.9. The summed E-state index contributed by atoms with van der Waals surface area (Å²) in [5.74, 6) is 6.61. The van der Waals surface area contributed by atoms with Gasteiger partial charge in [-0.1, -0.05) is 236 Å². The summed E-state index contributed by atoms with van der Waals surface area (Å²) >= 11 is 0. The molecule has 8 unspecified atom stereocenters. The van der Waals surface area contributed by atoms with Crippen LogP contribution in [0.15, 0.2) is 190 Å². The molecule has 16 aliphatic rings. The number of rotatable bonds is 20. The number of esters is 4. The molecule has 0 radical (unpaired) electrons. The fourth-order valence-electron chi connectivity index (χ4n) is 30.4. The van der Waals surface area contributed by atoms with Gasteiger partial charge in [0.25, 0.3) is 0 Å². The van der Waals surface area contributed by atoms with Gasteiger partial charge in [0.1, 0.15) is 24.4 Å². The minimum absolute atomic E-state index is 0. The Bertz CT molecular complexity index is 4040. The average Bonchev–Trinajstić information content (AvgIpc) is 1.61. The van der Waals surface area contributed by atoms with Crippen molar-refractivity contribution in [3.63, 3.8) is 0 Å². The van der Waals surface area contributed by atoms with E-state index in [1.807, 2.05) is 0 Å². The number of aliphatic hydroxyl groups is 8. The second kappa shape index (κ2) is 47.5. The molecule has 12 aliphatic carbocycles. The lowest BCUT2D eigenvalue weighted by Crippen LogP contribution is -2.37. The maximum atomic E-state index is 12.1. The predicted molar refractivity (Wildman–Crippen MR) is 552 cm³/mol. The highest BCUT2D eigenvalue weighted by atomic mass is 16.6. The average molecular weight is 1880 g/mol. The van der Waals surface area contributed by atoms with Crippen LogP contribution >= 0.6 is 0 Å². The van der Waals surface area contributed by atoms with E-state index in [0.29, 0.717) is 145 Å². The zero-order chi connectivity index (χ0) is 95.7. The molecule has 760 valence electrons. The molecule has 32 atom stereocenters. The molecule has 16 nitrogen and oxygen atoms in total. The summed E-state index contributed by atoms with van der Waals surface area (Å²) in [6.45, 7) is 60.0. The monoisotopic (exact) mass is 1880 g/mol. The molecule has 0 aromatic rings. The minimum Gasteiger partial charge on any atom is -0.458 e. The molecule has 0 aromatic heterocycles. The number of carbonyl (C=O) groups is 4. The van der Waals surface area contributed by atoms with Crippen molar-refractivity contribution in [2.24, 2.45) is 116 Å². The van der Waals surface area contributed by atoms with Crippen LogP contribution < -0.4 is 0 Å². The number of cyclic esters (lactones) is 4. The first kappa shape index (κ1) is 113. The summed E-state index contributed by atoms with van der Waals surface area (Å²) in [7, 11) is 0. The van der Waals surface area contributed by atoms with Crippen molar-refractivity contribution in [1.29, 1.82) is 0 Å². The molecule has 12 saturated carbocycles. The van der Waals surface area contributed by atoms with E-state index in [0.717, 1.165) is 122 Å². The van der Waals surface area contributed by atoms with E-state index in [1.54, 1.807) is 0 Å². The summed E-state index contributed by atoms with van der Waals surface area (Å²) in [4.78, 5) is 48.3. The maximum absolute atomic E-state index is 12.1. The van der Waals surface area contributed by atoms with Crippen molar-refractivity contribution in [3.05, 3.63) is 190 Å². The van der Waals surface area contributed by atoms with Crippen LogP contribution in [0.25, 0.3) is 0 Å². The van der Waals surface area contributed by atoms with Crippen LogP contribution in [0.3, 0.4) is 0 Å². The molecule has 0 aromatic carbocycles. The second-order valence-electron chi connectivity index (χ2n) is 45.4. The summed E-state index contributed by atoms with van der Waals surface area (Å²) in [6.07, 6.45) is 48.1. The molecule has 4 heterocycles. The highest BCUT2D eigenvalue weighted by molar-refractivity contribution is 5.92. The highest BCUT2D eigenvalue weighted by Gasteiger charge is 2.57. The van der Waals surface area contributed by atoms with Crippen molar-refractivity contribution < 1.29 is 79.0 Å². The quantitative estimate of drug-likeness (QED) is 0.0320. The van der Waals surface area contributed by atoms with Crippen LogP contribution in [0.4, 0.5) is 0 Å². The summed E-state index contributed by atoms with van der Waals surface area (Å²) in [6, 6.07) is 0. The van der Waals surface area contributed by atoms with Gasteiger partial charge in [-0.3, -0.25) is 0 Å². The van der Waals surface area contributed by atoms with Crippen LogP contribution in [0.5, 0.6) is 0 Å². The van der Waals surface area contributed by atoms with Crippen molar-refractivity contribution in [1.82, 2.24) is 0 Å². The Morgan fingerprint density at radius 1 is 0.301 bits per heavy atom. The van der Waals surface area contributed by atoms with Gasteiger partial charge >= 0.3 is 23.9 Å². The molecule has 4 saturated heterocycles. The lowest BCUT2D eigenvalue weighted by atomic mass is 9.60. The van der Waals surface area contributed by atoms with Crippen LogP contribution in [-0.2, 0) is 38.1 Å². The third-order valence-electron chi connectivity index (χ3n) is 37.8. The number of carbonyl (C=O) groups excluding carboxylic acids is 4. The zero-order valence-electron chi connectivity index (χ0n) is 82.7. The number of ether oxygens (including phenoxy) is 4. The normalized spacial score (nSPS) is 41.4. The van der Waals surface area contributed by atoms with E-state index in [4.69, 9.17) is 18.9 Å². The first-order valence-electron chi connectivity index (χ1n) is 52.0. The Morgan fingerprint density at radius 2 is 0.485 bits per heavy atom. The maximum Gasteiger partial charge on any atom is 0.334 e. The number of fused-ring (bicyclic) bond motifs is 4. The van der Waals surface area contributed by atoms with Crippen molar-refractivity contribution in [2.45, 2.75) is 417 Å². The Kier molecular flexibility index (Phi) is 39.5. The van der Waals surface area contributed by atoms with Gasteiger partial charge in [-0.25, -0.2) is 19.2 Å². The molecule has 4 aliphatic heterocycles. The van der Waals surface area contributed by atoms with E-state index in [-0.39, 0.29) is 123 Å². The molecule has 8 N–H and O–H groups in total. The Morgan fingerprint density at radius 3 is 0.662 bits per heavy atom. The lowest BCUT2D eigenvalue weighted by Gasteiger charge is -2.44. The smallest absolute Gasteiger partial charge is 0.334 e. The molecule has 0 amide bonds. The van der Waals surface area contributed by atoms with Gasteiger partial charge in [0.15, 0.2) is 0 Å². The third-order valence-corrected chi connectivity index (χ3v) is 37.8. The van der Waals surface area contributed by atoms with Crippen molar-refractivity contribution in [2.75, 3.05) is 0 Å². The topological polar surface area (TPSA) is 267 Å². The van der Waals surface area contributed by atoms with Gasteiger partial charge < -0.3 is 59.8 Å². The van der Waals surface area contributed by atoms with Gasteiger partial charge in [-0.2, -0.15) is 0 Å². The zero-order valence-corrected chi connectivity index (χ0v) is 82.7. The molecule has 16 fully saturated rings. The molecule has 16 heteroatoms.